The van der Waals surface area contributed by atoms with E-state index in [9.17, 15) is 4.79 Å². The maximum Gasteiger partial charge on any atom is 0.346 e. The topological polar surface area (TPSA) is 67.9 Å². The van der Waals surface area contributed by atoms with Crippen molar-refractivity contribution in [1.82, 2.24) is 4.90 Å². The fourth-order valence-electron chi connectivity index (χ4n) is 1.90. The van der Waals surface area contributed by atoms with E-state index >= 15 is 0 Å². The molecule has 18 heavy (non-hydrogen) atoms. The van der Waals surface area contributed by atoms with E-state index in [4.69, 9.17) is 16.9 Å². The quantitative estimate of drug-likeness (QED) is 0.810. The lowest BCUT2D eigenvalue weighted by atomic mass is 10.1. The average molecular weight is 243 g/mol. The SMILES string of the molecule is C#CCN1C(=O)N=C(N)C1c1ccc(OC)cc1. The summed E-state index contributed by atoms with van der Waals surface area (Å²) in [6.07, 6.45) is 5.25. The molecule has 1 aromatic rings. The number of hydrogen-bond acceptors (Lipinski definition) is 3. The fraction of sp³-hybridized carbons (Fsp3) is 0.231. The Balaban J connectivity index is 2.32. The Kier molecular flexibility index (Phi) is 3.20. The van der Waals surface area contributed by atoms with E-state index in [1.165, 1.54) is 4.90 Å². The molecule has 2 amide bonds. The zero-order valence-electron chi connectivity index (χ0n) is 9.96. The van der Waals surface area contributed by atoms with Gasteiger partial charge >= 0.3 is 6.03 Å². The lowest BCUT2D eigenvalue weighted by Crippen LogP contribution is -2.33. The second kappa shape index (κ2) is 4.80. The molecule has 2 N–H and O–H groups in total. The van der Waals surface area contributed by atoms with Crippen LogP contribution in [0.15, 0.2) is 29.3 Å². The van der Waals surface area contributed by atoms with Crippen LogP contribution in [0.2, 0.25) is 0 Å². The van der Waals surface area contributed by atoms with E-state index in [1.807, 2.05) is 12.1 Å². The number of carbonyl (C=O) groups is 1. The summed E-state index contributed by atoms with van der Waals surface area (Å²) in [6.45, 7) is 0.180. The molecule has 2 rings (SSSR count). The minimum absolute atomic E-state index is 0.180. The first-order chi connectivity index (χ1) is 8.67. The third-order valence-electron chi connectivity index (χ3n) is 2.76. The largest absolute Gasteiger partial charge is 0.497 e. The smallest absolute Gasteiger partial charge is 0.346 e. The summed E-state index contributed by atoms with van der Waals surface area (Å²) < 4.78 is 5.08. The predicted octanol–water partition coefficient (Wildman–Crippen LogP) is 1.16. The first kappa shape index (κ1) is 12.0. The Morgan fingerprint density at radius 1 is 1.50 bits per heavy atom. The van der Waals surface area contributed by atoms with Crippen LogP contribution < -0.4 is 10.5 Å². The summed E-state index contributed by atoms with van der Waals surface area (Å²) in [5.41, 5.74) is 6.64. The first-order valence-corrected chi connectivity index (χ1v) is 5.39. The monoisotopic (exact) mass is 243 g/mol. The number of amides is 2. The highest BCUT2D eigenvalue weighted by Gasteiger charge is 2.33. The first-order valence-electron chi connectivity index (χ1n) is 5.39. The second-order valence-corrected chi connectivity index (χ2v) is 3.83. The van der Waals surface area contributed by atoms with Crippen molar-refractivity contribution >= 4 is 11.9 Å². The van der Waals surface area contributed by atoms with Gasteiger partial charge in [0.05, 0.1) is 13.7 Å². The van der Waals surface area contributed by atoms with E-state index in [0.717, 1.165) is 11.3 Å². The highest BCUT2D eigenvalue weighted by atomic mass is 16.5. The van der Waals surface area contributed by atoms with Crippen LogP contribution in [-0.4, -0.2) is 30.4 Å². The molecule has 5 nitrogen and oxygen atoms in total. The number of ether oxygens (including phenoxy) is 1. The molecule has 92 valence electrons. The molecule has 0 fully saturated rings. The fourth-order valence-corrected chi connectivity index (χ4v) is 1.90. The number of benzene rings is 1. The number of amidine groups is 1. The van der Waals surface area contributed by atoms with Gasteiger partial charge in [0, 0.05) is 0 Å². The molecule has 0 aliphatic carbocycles. The molecular formula is C13H13N3O2. The molecular weight excluding hydrogens is 230 g/mol. The lowest BCUT2D eigenvalue weighted by Gasteiger charge is -2.22. The zero-order valence-corrected chi connectivity index (χ0v) is 9.96. The van der Waals surface area contributed by atoms with Gasteiger partial charge in [0.25, 0.3) is 0 Å². The van der Waals surface area contributed by atoms with Crippen LogP contribution in [0, 0.1) is 12.3 Å². The molecule has 1 atom stereocenters. The Hall–Kier alpha value is -2.48. The Labute approximate surface area is 105 Å². The van der Waals surface area contributed by atoms with Gasteiger partial charge in [-0.05, 0) is 17.7 Å². The minimum Gasteiger partial charge on any atom is -0.497 e. The van der Waals surface area contributed by atoms with Gasteiger partial charge in [-0.1, -0.05) is 18.1 Å². The number of methoxy groups -OCH3 is 1. The van der Waals surface area contributed by atoms with Gasteiger partial charge < -0.3 is 10.5 Å². The summed E-state index contributed by atoms with van der Waals surface area (Å²) >= 11 is 0. The van der Waals surface area contributed by atoms with Gasteiger partial charge in [0.1, 0.15) is 17.6 Å². The highest BCUT2D eigenvalue weighted by molar-refractivity contribution is 6.03. The number of hydrogen-bond donors (Lipinski definition) is 1. The zero-order chi connectivity index (χ0) is 13.1. The third kappa shape index (κ3) is 2.00. The number of terminal acetylenes is 1. The number of aliphatic imine (C=N–C) groups is 1. The molecule has 0 bridgehead atoms. The van der Waals surface area contributed by atoms with Crippen LogP contribution >= 0.6 is 0 Å². The number of carbonyl (C=O) groups excluding carboxylic acids is 1. The molecule has 1 aliphatic heterocycles. The number of nitrogens with two attached hydrogens (primary N) is 1. The van der Waals surface area contributed by atoms with Gasteiger partial charge in [0.15, 0.2) is 0 Å². The standard InChI is InChI=1S/C13H13N3O2/c1-3-8-16-11(12(14)15-13(16)17)9-4-6-10(18-2)7-5-9/h1,4-7,11H,8H2,2H3,(H2,14,15,17). The van der Waals surface area contributed by atoms with E-state index in [1.54, 1.807) is 19.2 Å². The maximum atomic E-state index is 11.6. The lowest BCUT2D eigenvalue weighted by molar-refractivity contribution is 0.213. The van der Waals surface area contributed by atoms with E-state index in [2.05, 4.69) is 10.9 Å². The van der Waals surface area contributed by atoms with Gasteiger partial charge in [-0.2, -0.15) is 4.99 Å². The van der Waals surface area contributed by atoms with Crippen molar-refractivity contribution in [2.75, 3.05) is 13.7 Å². The molecule has 1 aliphatic rings. The van der Waals surface area contributed by atoms with Crippen molar-refractivity contribution in [2.24, 2.45) is 10.7 Å². The van der Waals surface area contributed by atoms with Crippen molar-refractivity contribution in [1.29, 1.82) is 0 Å². The molecule has 0 radical (unpaired) electrons. The molecule has 0 spiro atoms. The van der Waals surface area contributed by atoms with Crippen LogP contribution in [0.25, 0.3) is 0 Å². The maximum absolute atomic E-state index is 11.6. The Bertz CT molecular complexity index is 528. The summed E-state index contributed by atoms with van der Waals surface area (Å²) in [4.78, 5) is 16.8. The predicted molar refractivity (Wildman–Crippen MR) is 68.3 cm³/mol. The summed E-state index contributed by atoms with van der Waals surface area (Å²) in [6, 6.07) is 6.51. The molecule has 0 aromatic heterocycles. The van der Waals surface area contributed by atoms with Crippen LogP contribution in [0.4, 0.5) is 4.79 Å². The van der Waals surface area contributed by atoms with Crippen molar-refractivity contribution in [3.05, 3.63) is 29.8 Å². The second-order valence-electron chi connectivity index (χ2n) is 3.83. The molecule has 0 saturated carbocycles. The third-order valence-corrected chi connectivity index (χ3v) is 2.76. The molecule has 5 heteroatoms. The number of nitrogens with zero attached hydrogens (tertiary/aromatic N) is 2. The van der Waals surface area contributed by atoms with Crippen molar-refractivity contribution < 1.29 is 9.53 Å². The molecule has 1 heterocycles. The molecule has 1 unspecified atom stereocenters. The van der Waals surface area contributed by atoms with E-state index in [0.29, 0.717) is 0 Å². The van der Waals surface area contributed by atoms with Crippen molar-refractivity contribution in [3.63, 3.8) is 0 Å². The highest BCUT2D eigenvalue weighted by Crippen LogP contribution is 2.27. The van der Waals surface area contributed by atoms with Gasteiger partial charge in [-0.3, -0.25) is 4.90 Å². The van der Waals surface area contributed by atoms with Crippen LogP contribution in [0.3, 0.4) is 0 Å². The Morgan fingerprint density at radius 2 is 2.17 bits per heavy atom. The molecule has 0 saturated heterocycles. The Morgan fingerprint density at radius 3 is 2.72 bits per heavy atom. The van der Waals surface area contributed by atoms with Gasteiger partial charge in [-0.15, -0.1) is 6.42 Å². The van der Waals surface area contributed by atoms with Crippen molar-refractivity contribution in [2.45, 2.75) is 6.04 Å². The van der Waals surface area contributed by atoms with Crippen molar-refractivity contribution in [3.8, 4) is 18.1 Å². The molecule has 1 aromatic carbocycles. The van der Waals surface area contributed by atoms with Gasteiger partial charge in [0.2, 0.25) is 0 Å². The van der Waals surface area contributed by atoms with Crippen LogP contribution in [-0.2, 0) is 0 Å². The summed E-state index contributed by atoms with van der Waals surface area (Å²) in [7, 11) is 1.59. The average Bonchev–Trinajstić information content (AvgIpc) is 2.65. The van der Waals surface area contributed by atoms with E-state index in [-0.39, 0.29) is 18.4 Å². The van der Waals surface area contributed by atoms with Crippen LogP contribution in [0.1, 0.15) is 11.6 Å². The number of rotatable bonds is 3. The summed E-state index contributed by atoms with van der Waals surface area (Å²) in [5, 5.41) is 0. The minimum atomic E-state index is -0.397. The number of urea groups is 1. The van der Waals surface area contributed by atoms with Crippen LogP contribution in [0.5, 0.6) is 5.75 Å². The normalized spacial score (nSPS) is 18.4. The van der Waals surface area contributed by atoms with E-state index < -0.39 is 6.03 Å². The van der Waals surface area contributed by atoms with Gasteiger partial charge in [-0.25, -0.2) is 4.79 Å². The summed E-state index contributed by atoms with van der Waals surface area (Å²) in [5.74, 6) is 3.44.